The molecule has 1 rings (SSSR count). The first-order chi connectivity index (χ1) is 7.56. The number of carbonyl (C=O) groups excluding carboxylic acids is 1. The van der Waals surface area contributed by atoms with Crippen LogP contribution in [0.4, 0.5) is 0 Å². The zero-order valence-electron chi connectivity index (χ0n) is 9.11. The second-order valence-corrected chi connectivity index (χ2v) is 4.39. The van der Waals surface area contributed by atoms with Crippen LogP contribution in [0, 0.1) is 0 Å². The van der Waals surface area contributed by atoms with Crippen LogP contribution in [0.15, 0.2) is 22.7 Å². The molecule has 5 heteroatoms. The summed E-state index contributed by atoms with van der Waals surface area (Å²) >= 11 is 3.17. The predicted molar refractivity (Wildman–Crippen MR) is 66.4 cm³/mol. The molecule has 0 radical (unpaired) electrons. The number of aromatic hydroxyl groups is 1. The zero-order valence-corrected chi connectivity index (χ0v) is 10.7. The molecule has 0 spiro atoms. The Kier molecular flexibility index (Phi) is 4.76. The van der Waals surface area contributed by atoms with Crippen LogP contribution >= 0.6 is 15.9 Å². The Morgan fingerprint density at radius 3 is 2.81 bits per heavy atom. The molecule has 0 bridgehead atoms. The number of benzene rings is 1. The number of carbonyl (C=O) groups is 1. The molecule has 0 saturated heterocycles. The highest BCUT2D eigenvalue weighted by Crippen LogP contribution is 2.24. The number of phenols is 1. The summed E-state index contributed by atoms with van der Waals surface area (Å²) in [6.45, 7) is 1.18. The van der Waals surface area contributed by atoms with Gasteiger partial charge in [0, 0.05) is 19.2 Å². The molecule has 3 N–H and O–H groups in total. The van der Waals surface area contributed by atoms with E-state index in [-0.39, 0.29) is 11.7 Å². The second-order valence-electron chi connectivity index (χ2n) is 3.54. The highest BCUT2D eigenvalue weighted by atomic mass is 79.9. The summed E-state index contributed by atoms with van der Waals surface area (Å²) in [6, 6.07) is 4.77. The van der Waals surface area contributed by atoms with Crippen LogP contribution in [-0.2, 0) is 0 Å². The van der Waals surface area contributed by atoms with Crippen LogP contribution in [0.1, 0.15) is 16.8 Å². The molecule has 1 amide bonds. The van der Waals surface area contributed by atoms with Crippen LogP contribution in [0.2, 0.25) is 0 Å². The maximum Gasteiger partial charge on any atom is 0.253 e. The maximum atomic E-state index is 11.9. The van der Waals surface area contributed by atoms with Crippen molar-refractivity contribution < 1.29 is 9.90 Å². The third-order valence-electron chi connectivity index (χ3n) is 2.24. The van der Waals surface area contributed by atoms with Crippen molar-refractivity contribution in [3.8, 4) is 5.75 Å². The molecule has 1 aromatic rings. The van der Waals surface area contributed by atoms with Crippen molar-refractivity contribution in [2.24, 2.45) is 5.73 Å². The Balaban J connectivity index is 2.76. The van der Waals surface area contributed by atoms with Gasteiger partial charge in [0.15, 0.2) is 0 Å². The summed E-state index contributed by atoms with van der Waals surface area (Å²) in [7, 11) is 1.72. The van der Waals surface area contributed by atoms with E-state index < -0.39 is 0 Å². The van der Waals surface area contributed by atoms with E-state index in [0.717, 1.165) is 6.42 Å². The van der Waals surface area contributed by atoms with Crippen LogP contribution in [0.25, 0.3) is 0 Å². The SMILES string of the molecule is CN(CCCN)C(=O)c1ccc(Br)c(O)c1. The number of nitrogens with zero attached hydrogens (tertiary/aromatic N) is 1. The Bertz CT molecular complexity index is 382. The molecule has 0 heterocycles. The van der Waals surface area contributed by atoms with Crippen LogP contribution in [0.5, 0.6) is 5.75 Å². The van der Waals surface area contributed by atoms with Crippen molar-refractivity contribution >= 4 is 21.8 Å². The number of hydrogen-bond acceptors (Lipinski definition) is 3. The van der Waals surface area contributed by atoms with Gasteiger partial charge in [-0.3, -0.25) is 4.79 Å². The van der Waals surface area contributed by atoms with Gasteiger partial charge in [0.1, 0.15) is 5.75 Å². The molecule has 0 atom stereocenters. The van der Waals surface area contributed by atoms with Gasteiger partial charge in [0.25, 0.3) is 5.91 Å². The minimum Gasteiger partial charge on any atom is -0.507 e. The van der Waals surface area contributed by atoms with E-state index in [4.69, 9.17) is 5.73 Å². The third-order valence-corrected chi connectivity index (χ3v) is 2.91. The number of nitrogens with two attached hydrogens (primary N) is 1. The second kappa shape index (κ2) is 5.86. The molecule has 0 aliphatic heterocycles. The lowest BCUT2D eigenvalue weighted by Crippen LogP contribution is -2.28. The van der Waals surface area contributed by atoms with Crippen molar-refractivity contribution in [1.29, 1.82) is 0 Å². The van der Waals surface area contributed by atoms with Crippen molar-refractivity contribution in [3.05, 3.63) is 28.2 Å². The highest BCUT2D eigenvalue weighted by molar-refractivity contribution is 9.10. The molecule has 0 unspecified atom stereocenters. The molecule has 0 fully saturated rings. The van der Waals surface area contributed by atoms with E-state index in [2.05, 4.69) is 15.9 Å². The fraction of sp³-hybridized carbons (Fsp3) is 0.364. The van der Waals surface area contributed by atoms with Crippen molar-refractivity contribution in [2.45, 2.75) is 6.42 Å². The van der Waals surface area contributed by atoms with Gasteiger partial charge in [-0.05, 0) is 47.1 Å². The molecule has 16 heavy (non-hydrogen) atoms. The van der Waals surface area contributed by atoms with Gasteiger partial charge in [-0.2, -0.15) is 0 Å². The van der Waals surface area contributed by atoms with E-state index in [1.807, 2.05) is 0 Å². The average molecular weight is 287 g/mol. The van der Waals surface area contributed by atoms with Crippen LogP contribution in [-0.4, -0.2) is 36.1 Å². The van der Waals surface area contributed by atoms with E-state index in [9.17, 15) is 9.90 Å². The van der Waals surface area contributed by atoms with E-state index in [1.165, 1.54) is 6.07 Å². The lowest BCUT2D eigenvalue weighted by Gasteiger charge is -2.16. The summed E-state index contributed by atoms with van der Waals surface area (Å²) in [5.41, 5.74) is 5.85. The van der Waals surface area contributed by atoms with Crippen molar-refractivity contribution in [2.75, 3.05) is 20.1 Å². The fourth-order valence-electron chi connectivity index (χ4n) is 1.30. The summed E-state index contributed by atoms with van der Waals surface area (Å²) in [5.74, 6) is -0.0469. The topological polar surface area (TPSA) is 66.6 Å². The van der Waals surface area contributed by atoms with E-state index in [1.54, 1.807) is 24.1 Å². The van der Waals surface area contributed by atoms with E-state index in [0.29, 0.717) is 23.1 Å². The first kappa shape index (κ1) is 13.0. The Morgan fingerprint density at radius 1 is 1.56 bits per heavy atom. The smallest absolute Gasteiger partial charge is 0.253 e. The molecular formula is C11H15BrN2O2. The number of hydrogen-bond donors (Lipinski definition) is 2. The summed E-state index contributed by atoms with van der Waals surface area (Å²) in [4.78, 5) is 13.5. The largest absolute Gasteiger partial charge is 0.507 e. The summed E-state index contributed by atoms with van der Waals surface area (Å²) in [6.07, 6.45) is 0.769. The predicted octanol–water partition coefficient (Wildman–Crippen LogP) is 1.58. The van der Waals surface area contributed by atoms with Crippen LogP contribution in [0.3, 0.4) is 0 Å². The quantitative estimate of drug-likeness (QED) is 0.883. The van der Waals surface area contributed by atoms with E-state index >= 15 is 0 Å². The van der Waals surface area contributed by atoms with Gasteiger partial charge >= 0.3 is 0 Å². The third kappa shape index (κ3) is 3.21. The number of rotatable bonds is 4. The number of amides is 1. The Labute approximate surface area is 103 Å². The van der Waals surface area contributed by atoms with Gasteiger partial charge in [0.2, 0.25) is 0 Å². The lowest BCUT2D eigenvalue weighted by atomic mass is 10.2. The maximum absolute atomic E-state index is 11.9. The molecular weight excluding hydrogens is 272 g/mol. The fourth-order valence-corrected chi connectivity index (χ4v) is 1.54. The summed E-state index contributed by atoms with van der Waals surface area (Å²) in [5, 5.41) is 9.47. The average Bonchev–Trinajstić information content (AvgIpc) is 2.28. The Morgan fingerprint density at radius 2 is 2.25 bits per heavy atom. The monoisotopic (exact) mass is 286 g/mol. The summed E-state index contributed by atoms with van der Waals surface area (Å²) < 4.78 is 0.577. The highest BCUT2D eigenvalue weighted by Gasteiger charge is 2.12. The molecule has 4 nitrogen and oxygen atoms in total. The normalized spacial score (nSPS) is 10.2. The molecule has 0 saturated carbocycles. The molecule has 0 aromatic heterocycles. The van der Waals surface area contributed by atoms with Crippen molar-refractivity contribution in [3.63, 3.8) is 0 Å². The van der Waals surface area contributed by atoms with Crippen LogP contribution < -0.4 is 5.73 Å². The zero-order chi connectivity index (χ0) is 12.1. The van der Waals surface area contributed by atoms with Gasteiger partial charge in [0.05, 0.1) is 4.47 Å². The first-order valence-electron chi connectivity index (χ1n) is 5.00. The first-order valence-corrected chi connectivity index (χ1v) is 5.79. The van der Waals surface area contributed by atoms with Crippen molar-refractivity contribution in [1.82, 2.24) is 4.90 Å². The standard InChI is InChI=1S/C11H15BrN2O2/c1-14(6-2-5-13)11(16)8-3-4-9(12)10(15)7-8/h3-4,7,15H,2,5-6,13H2,1H3. The number of phenolic OH excluding ortho intramolecular Hbond substituents is 1. The minimum absolute atomic E-state index is 0.0677. The van der Waals surface area contributed by atoms with Gasteiger partial charge < -0.3 is 15.7 Å². The molecule has 0 aliphatic carbocycles. The number of halogens is 1. The van der Waals surface area contributed by atoms with Gasteiger partial charge in [-0.15, -0.1) is 0 Å². The lowest BCUT2D eigenvalue weighted by molar-refractivity contribution is 0.0794. The molecule has 1 aromatic carbocycles. The van der Waals surface area contributed by atoms with Gasteiger partial charge in [-0.1, -0.05) is 0 Å². The van der Waals surface area contributed by atoms with Gasteiger partial charge in [-0.25, -0.2) is 0 Å². The Hall–Kier alpha value is -1.07. The minimum atomic E-state index is -0.115. The molecule has 0 aliphatic rings. The molecule has 88 valence electrons.